The van der Waals surface area contributed by atoms with Crippen LogP contribution in [0.15, 0.2) is 0 Å². The lowest BCUT2D eigenvalue weighted by atomic mass is 10.0. The van der Waals surface area contributed by atoms with E-state index in [9.17, 15) is 4.79 Å². The first-order valence-electron chi connectivity index (χ1n) is 4.20. The number of Topliss-reactive ketones (excluding diaryl/α,β-unsaturated/α-hetero) is 1. The minimum Gasteiger partial charge on any atom is -0.300 e. The fourth-order valence-electron chi connectivity index (χ4n) is 0.945. The first-order chi connectivity index (χ1) is 4.95. The maximum absolute atomic E-state index is 11.2. The molecule has 0 aromatic heterocycles. The highest BCUT2D eigenvalue weighted by atomic mass is 32.1. The normalized spacial score (nSPS) is 11.6. The lowest BCUT2D eigenvalue weighted by molar-refractivity contribution is -0.119. The van der Waals surface area contributed by atoms with Crippen molar-refractivity contribution in [2.24, 2.45) is 0 Å². The largest absolute Gasteiger partial charge is 0.300 e. The molecule has 0 fully saturated rings. The number of rotatable bonds is 5. The molecule has 0 saturated carbocycles. The highest BCUT2D eigenvalue weighted by Crippen LogP contribution is 2.18. The summed E-state index contributed by atoms with van der Waals surface area (Å²) < 4.78 is -0.134. The molecule has 0 saturated heterocycles. The van der Waals surface area contributed by atoms with E-state index in [1.54, 1.807) is 0 Å². The van der Waals surface area contributed by atoms with Gasteiger partial charge < -0.3 is 0 Å². The summed E-state index contributed by atoms with van der Waals surface area (Å²) in [6, 6.07) is 0. The van der Waals surface area contributed by atoms with Gasteiger partial charge in [-0.25, -0.2) is 0 Å². The zero-order valence-corrected chi connectivity index (χ0v) is 8.58. The molecule has 2 heteroatoms. The van der Waals surface area contributed by atoms with Gasteiger partial charge in [0.1, 0.15) is 5.78 Å². The molecular formula is C9H18OS. The van der Waals surface area contributed by atoms with Crippen LogP contribution < -0.4 is 0 Å². The van der Waals surface area contributed by atoms with Gasteiger partial charge in [-0.2, -0.15) is 12.6 Å². The highest BCUT2D eigenvalue weighted by Gasteiger charge is 2.15. The number of unbranched alkanes of at least 4 members (excludes halogenated alkanes) is 1. The Labute approximate surface area is 75.0 Å². The quantitative estimate of drug-likeness (QED) is 0.634. The lowest BCUT2D eigenvalue weighted by Gasteiger charge is -2.15. The van der Waals surface area contributed by atoms with Crippen molar-refractivity contribution in [1.82, 2.24) is 0 Å². The van der Waals surface area contributed by atoms with Crippen molar-refractivity contribution in [3.63, 3.8) is 0 Å². The van der Waals surface area contributed by atoms with Gasteiger partial charge in [0, 0.05) is 17.6 Å². The maximum Gasteiger partial charge on any atom is 0.134 e. The topological polar surface area (TPSA) is 17.1 Å². The first-order valence-corrected chi connectivity index (χ1v) is 4.64. The third-order valence-corrected chi connectivity index (χ3v) is 1.60. The van der Waals surface area contributed by atoms with Gasteiger partial charge in [-0.05, 0) is 6.42 Å². The Bertz CT molecular complexity index is 124. The van der Waals surface area contributed by atoms with Crippen LogP contribution in [0.3, 0.4) is 0 Å². The Morgan fingerprint density at radius 1 is 1.45 bits per heavy atom. The van der Waals surface area contributed by atoms with E-state index in [1.165, 1.54) is 0 Å². The molecule has 1 nitrogen and oxygen atoms in total. The molecule has 0 N–H and O–H groups in total. The van der Waals surface area contributed by atoms with Crippen LogP contribution in [0, 0.1) is 0 Å². The second-order valence-electron chi connectivity index (χ2n) is 3.63. The van der Waals surface area contributed by atoms with Gasteiger partial charge in [0.05, 0.1) is 0 Å². The average molecular weight is 174 g/mol. The van der Waals surface area contributed by atoms with Gasteiger partial charge in [0.25, 0.3) is 0 Å². The highest BCUT2D eigenvalue weighted by molar-refractivity contribution is 7.81. The van der Waals surface area contributed by atoms with Crippen LogP contribution >= 0.6 is 12.6 Å². The molecule has 66 valence electrons. The molecule has 0 bridgehead atoms. The minimum absolute atomic E-state index is 0.134. The summed E-state index contributed by atoms with van der Waals surface area (Å²) in [5, 5.41) is 0. The Balaban J connectivity index is 3.53. The molecule has 0 aliphatic rings. The average Bonchev–Trinajstić information content (AvgIpc) is 1.79. The number of carbonyl (C=O) groups excluding carboxylic acids is 1. The summed E-state index contributed by atoms with van der Waals surface area (Å²) in [4.78, 5) is 11.2. The number of hydrogen-bond donors (Lipinski definition) is 1. The minimum atomic E-state index is -0.134. The van der Waals surface area contributed by atoms with Gasteiger partial charge >= 0.3 is 0 Å². The molecule has 0 radical (unpaired) electrons. The zero-order valence-electron chi connectivity index (χ0n) is 7.68. The van der Waals surface area contributed by atoms with E-state index in [4.69, 9.17) is 0 Å². The summed E-state index contributed by atoms with van der Waals surface area (Å²) in [5.74, 6) is 0.340. The third-order valence-electron chi connectivity index (χ3n) is 1.44. The number of ketones is 1. The van der Waals surface area contributed by atoms with Crippen molar-refractivity contribution in [1.29, 1.82) is 0 Å². The van der Waals surface area contributed by atoms with E-state index >= 15 is 0 Å². The summed E-state index contributed by atoms with van der Waals surface area (Å²) in [6.07, 6.45) is 3.43. The van der Waals surface area contributed by atoms with Gasteiger partial charge in [0.15, 0.2) is 0 Å². The van der Waals surface area contributed by atoms with E-state index in [0.29, 0.717) is 12.2 Å². The number of hydrogen-bond acceptors (Lipinski definition) is 2. The number of thiol groups is 1. The molecule has 0 unspecified atom stereocenters. The molecule has 0 aromatic carbocycles. The summed E-state index contributed by atoms with van der Waals surface area (Å²) in [5.41, 5.74) is 0. The molecular weight excluding hydrogens is 156 g/mol. The fourth-order valence-corrected chi connectivity index (χ4v) is 1.12. The Hall–Kier alpha value is 0.0200. The Kier molecular flexibility index (Phi) is 4.82. The second kappa shape index (κ2) is 4.81. The second-order valence-corrected chi connectivity index (χ2v) is 4.84. The SMILES string of the molecule is CCCCC(=O)CC(C)(C)S. The molecule has 0 amide bonds. The van der Waals surface area contributed by atoms with Crippen molar-refractivity contribution in [3.05, 3.63) is 0 Å². The predicted molar refractivity (Wildman–Crippen MR) is 52.2 cm³/mol. The van der Waals surface area contributed by atoms with E-state index in [1.807, 2.05) is 13.8 Å². The smallest absolute Gasteiger partial charge is 0.134 e. The molecule has 0 aliphatic heterocycles. The molecule has 0 aliphatic carbocycles. The molecule has 0 atom stereocenters. The standard InChI is InChI=1S/C9H18OS/c1-4-5-6-8(10)7-9(2,3)11/h11H,4-7H2,1-3H3. The van der Waals surface area contributed by atoms with Gasteiger partial charge in [-0.3, -0.25) is 4.79 Å². The van der Waals surface area contributed by atoms with Crippen molar-refractivity contribution in [2.75, 3.05) is 0 Å². The Morgan fingerprint density at radius 3 is 2.36 bits per heavy atom. The molecule has 11 heavy (non-hydrogen) atoms. The van der Waals surface area contributed by atoms with Crippen LogP contribution in [-0.4, -0.2) is 10.5 Å². The summed E-state index contributed by atoms with van der Waals surface area (Å²) in [6.45, 7) is 6.04. The van der Waals surface area contributed by atoms with Gasteiger partial charge in [0.2, 0.25) is 0 Å². The monoisotopic (exact) mass is 174 g/mol. The van der Waals surface area contributed by atoms with Crippen LogP contribution in [0.2, 0.25) is 0 Å². The third kappa shape index (κ3) is 7.92. The van der Waals surface area contributed by atoms with Gasteiger partial charge in [-0.15, -0.1) is 0 Å². The van der Waals surface area contributed by atoms with Gasteiger partial charge in [-0.1, -0.05) is 27.2 Å². The molecule has 0 spiro atoms. The van der Waals surface area contributed by atoms with Crippen LogP contribution in [0.1, 0.15) is 46.5 Å². The fraction of sp³-hybridized carbons (Fsp3) is 0.889. The van der Waals surface area contributed by atoms with Crippen molar-refractivity contribution < 1.29 is 4.79 Å². The number of carbonyl (C=O) groups is 1. The molecule has 0 heterocycles. The first kappa shape index (κ1) is 11.0. The van der Waals surface area contributed by atoms with Crippen LogP contribution in [0.4, 0.5) is 0 Å². The van der Waals surface area contributed by atoms with E-state index < -0.39 is 0 Å². The predicted octanol–water partition coefficient (Wildman–Crippen LogP) is 2.84. The van der Waals surface area contributed by atoms with Crippen molar-refractivity contribution in [3.8, 4) is 0 Å². The zero-order chi connectivity index (χ0) is 8.91. The van der Waals surface area contributed by atoms with Crippen LogP contribution in [-0.2, 0) is 4.79 Å². The molecule has 0 aromatic rings. The lowest BCUT2D eigenvalue weighted by Crippen LogP contribution is -2.16. The maximum atomic E-state index is 11.2. The summed E-state index contributed by atoms with van der Waals surface area (Å²) in [7, 11) is 0. The van der Waals surface area contributed by atoms with E-state index in [-0.39, 0.29) is 4.75 Å². The molecule has 0 rings (SSSR count). The summed E-state index contributed by atoms with van der Waals surface area (Å²) >= 11 is 4.30. The van der Waals surface area contributed by atoms with Crippen molar-refractivity contribution in [2.45, 2.75) is 51.2 Å². The van der Waals surface area contributed by atoms with Crippen molar-refractivity contribution >= 4 is 18.4 Å². The van der Waals surface area contributed by atoms with E-state index in [2.05, 4.69) is 19.6 Å². The van der Waals surface area contributed by atoms with Crippen LogP contribution in [0.5, 0.6) is 0 Å². The van der Waals surface area contributed by atoms with Crippen LogP contribution in [0.25, 0.3) is 0 Å². The van der Waals surface area contributed by atoms with E-state index in [0.717, 1.165) is 19.3 Å². The Morgan fingerprint density at radius 2 is 2.00 bits per heavy atom.